The lowest BCUT2D eigenvalue weighted by Crippen LogP contribution is -2.48. The van der Waals surface area contributed by atoms with Gasteiger partial charge in [-0.3, -0.25) is 9.78 Å². The van der Waals surface area contributed by atoms with Gasteiger partial charge in [0.1, 0.15) is 0 Å². The minimum Gasteiger partial charge on any atom is -0.337 e. The number of nitrogens with zero attached hydrogens (tertiary/aromatic N) is 5. The zero-order valence-electron chi connectivity index (χ0n) is 16.2. The molecule has 0 spiro atoms. The molecule has 1 N–H and O–H groups in total. The highest BCUT2D eigenvalue weighted by atomic mass is 16.2. The van der Waals surface area contributed by atoms with Crippen LogP contribution >= 0.6 is 0 Å². The quantitative estimate of drug-likeness (QED) is 0.760. The van der Waals surface area contributed by atoms with Crippen molar-refractivity contribution in [3.8, 4) is 5.69 Å². The monoisotopic (exact) mass is 376 g/mol. The maximum absolute atomic E-state index is 13.1. The largest absolute Gasteiger partial charge is 0.337 e. The molecule has 0 aliphatic carbocycles. The maximum Gasteiger partial charge on any atom is 0.276 e. The number of hydrogen-bond acceptors (Lipinski definition) is 5. The number of amides is 1. The van der Waals surface area contributed by atoms with Crippen molar-refractivity contribution in [3.63, 3.8) is 0 Å². The molecule has 144 valence electrons. The predicted molar refractivity (Wildman–Crippen MR) is 106 cm³/mol. The Morgan fingerprint density at radius 2 is 2.00 bits per heavy atom. The van der Waals surface area contributed by atoms with E-state index >= 15 is 0 Å². The molecular weight excluding hydrogens is 352 g/mol. The number of fused-ring (bicyclic) bond motifs is 3. The maximum atomic E-state index is 13.1. The van der Waals surface area contributed by atoms with Crippen molar-refractivity contribution in [2.45, 2.75) is 50.7 Å². The number of carbonyl (C=O) groups is 1. The first-order valence-corrected chi connectivity index (χ1v) is 9.91. The fourth-order valence-electron chi connectivity index (χ4n) is 4.64. The van der Waals surface area contributed by atoms with Gasteiger partial charge in [0.25, 0.3) is 5.91 Å². The molecule has 2 bridgehead atoms. The van der Waals surface area contributed by atoms with Gasteiger partial charge in [0.2, 0.25) is 0 Å². The van der Waals surface area contributed by atoms with Gasteiger partial charge in [0, 0.05) is 36.8 Å². The second kappa shape index (κ2) is 6.67. The lowest BCUT2D eigenvalue weighted by Gasteiger charge is -2.35. The Hall–Kier alpha value is -2.80. The van der Waals surface area contributed by atoms with Gasteiger partial charge in [-0.25, -0.2) is 4.68 Å². The van der Waals surface area contributed by atoms with Crippen molar-refractivity contribution in [1.82, 2.24) is 30.2 Å². The highest BCUT2D eigenvalue weighted by Gasteiger charge is 2.37. The van der Waals surface area contributed by atoms with Gasteiger partial charge < -0.3 is 10.2 Å². The second-order valence-corrected chi connectivity index (χ2v) is 7.99. The highest BCUT2D eigenvalue weighted by molar-refractivity contribution is 5.93. The summed E-state index contributed by atoms with van der Waals surface area (Å²) in [5, 5.41) is 13.2. The van der Waals surface area contributed by atoms with E-state index in [0.717, 1.165) is 35.1 Å². The molecule has 28 heavy (non-hydrogen) atoms. The smallest absolute Gasteiger partial charge is 0.276 e. The summed E-state index contributed by atoms with van der Waals surface area (Å²) < 4.78 is 1.74. The van der Waals surface area contributed by atoms with Crippen LogP contribution in [-0.2, 0) is 0 Å². The van der Waals surface area contributed by atoms with Crippen LogP contribution in [0.4, 0.5) is 0 Å². The van der Waals surface area contributed by atoms with Crippen LogP contribution in [0.15, 0.2) is 36.5 Å². The molecule has 1 aromatic carbocycles. The lowest BCUT2D eigenvalue weighted by atomic mass is 9.98. The van der Waals surface area contributed by atoms with Crippen LogP contribution < -0.4 is 5.32 Å². The topological polar surface area (TPSA) is 75.9 Å². The van der Waals surface area contributed by atoms with E-state index < -0.39 is 0 Å². The van der Waals surface area contributed by atoms with Gasteiger partial charge in [-0.05, 0) is 56.9 Å². The molecule has 2 atom stereocenters. The van der Waals surface area contributed by atoms with Crippen LogP contribution in [0.1, 0.15) is 41.9 Å². The summed E-state index contributed by atoms with van der Waals surface area (Å²) in [7, 11) is 1.90. The van der Waals surface area contributed by atoms with Gasteiger partial charge in [0.05, 0.1) is 16.9 Å². The zero-order valence-corrected chi connectivity index (χ0v) is 16.2. The van der Waals surface area contributed by atoms with E-state index in [-0.39, 0.29) is 11.9 Å². The molecule has 3 aromatic rings. The van der Waals surface area contributed by atoms with Crippen LogP contribution in [0.3, 0.4) is 0 Å². The number of rotatable bonds is 3. The molecule has 2 aliphatic heterocycles. The van der Waals surface area contributed by atoms with Crippen LogP contribution in [0.25, 0.3) is 16.6 Å². The number of carbonyl (C=O) groups excluding carboxylic acids is 1. The molecule has 0 saturated carbocycles. The molecule has 2 unspecified atom stereocenters. The van der Waals surface area contributed by atoms with Crippen LogP contribution in [0, 0.1) is 6.92 Å². The van der Waals surface area contributed by atoms with E-state index in [2.05, 4.69) is 20.6 Å². The number of hydrogen-bond donors (Lipinski definition) is 1. The molecule has 0 radical (unpaired) electrons. The minimum atomic E-state index is -0.0440. The predicted octanol–water partition coefficient (Wildman–Crippen LogP) is 2.48. The third kappa shape index (κ3) is 2.86. The summed E-state index contributed by atoms with van der Waals surface area (Å²) in [6.45, 7) is 1.90. The molecule has 1 amide bonds. The van der Waals surface area contributed by atoms with Crippen molar-refractivity contribution in [2.75, 3.05) is 7.05 Å². The van der Waals surface area contributed by atoms with E-state index in [0.29, 0.717) is 17.8 Å². The summed E-state index contributed by atoms with van der Waals surface area (Å²) in [6, 6.07) is 11.2. The normalized spacial score (nSPS) is 23.9. The number of aromatic nitrogens is 4. The molecule has 2 saturated heterocycles. The SMILES string of the molecule is Cc1c(C(=O)N(C)C2CC3CCC(C2)N3)nnn1-c1ccc2ncccc2c1. The van der Waals surface area contributed by atoms with Crippen molar-refractivity contribution < 1.29 is 4.79 Å². The molecule has 4 heterocycles. The minimum absolute atomic E-state index is 0.0440. The average Bonchev–Trinajstić information content (AvgIpc) is 3.27. The van der Waals surface area contributed by atoms with Crippen molar-refractivity contribution in [1.29, 1.82) is 0 Å². The molecule has 5 rings (SSSR count). The first kappa shape index (κ1) is 17.3. The third-order valence-electron chi connectivity index (χ3n) is 6.24. The summed E-state index contributed by atoms with van der Waals surface area (Å²) in [6.07, 6.45) is 6.25. The number of piperidine rings is 1. The van der Waals surface area contributed by atoms with E-state index in [1.807, 2.05) is 49.2 Å². The van der Waals surface area contributed by atoms with Crippen LogP contribution in [-0.4, -0.2) is 56.0 Å². The molecule has 2 aromatic heterocycles. The zero-order chi connectivity index (χ0) is 19.3. The Labute approximate surface area is 163 Å². The van der Waals surface area contributed by atoms with Gasteiger partial charge in [-0.1, -0.05) is 11.3 Å². The molecular formula is C21H24N6O. The van der Waals surface area contributed by atoms with E-state index in [1.165, 1.54) is 12.8 Å². The Morgan fingerprint density at radius 3 is 2.79 bits per heavy atom. The first-order valence-electron chi connectivity index (χ1n) is 9.91. The number of benzene rings is 1. The molecule has 2 aliphatic rings. The summed E-state index contributed by atoms with van der Waals surface area (Å²) in [4.78, 5) is 19.4. The van der Waals surface area contributed by atoms with Gasteiger partial charge in [-0.2, -0.15) is 0 Å². The van der Waals surface area contributed by atoms with Gasteiger partial charge >= 0.3 is 0 Å². The van der Waals surface area contributed by atoms with Crippen molar-refractivity contribution in [3.05, 3.63) is 47.9 Å². The van der Waals surface area contributed by atoms with Crippen LogP contribution in [0.5, 0.6) is 0 Å². The third-order valence-corrected chi connectivity index (χ3v) is 6.24. The summed E-state index contributed by atoms with van der Waals surface area (Å²) >= 11 is 0. The van der Waals surface area contributed by atoms with Crippen molar-refractivity contribution >= 4 is 16.8 Å². The fourth-order valence-corrected chi connectivity index (χ4v) is 4.64. The highest BCUT2D eigenvalue weighted by Crippen LogP contribution is 2.30. The molecule has 2 fully saturated rings. The Bertz CT molecular complexity index is 1030. The second-order valence-electron chi connectivity index (χ2n) is 7.99. The summed E-state index contributed by atoms with van der Waals surface area (Å²) in [5.41, 5.74) is 3.00. The number of nitrogens with one attached hydrogen (secondary N) is 1. The Kier molecular flexibility index (Phi) is 4.12. The van der Waals surface area contributed by atoms with E-state index in [1.54, 1.807) is 10.9 Å². The first-order chi connectivity index (χ1) is 13.6. The van der Waals surface area contributed by atoms with Crippen molar-refractivity contribution in [2.24, 2.45) is 0 Å². The lowest BCUT2D eigenvalue weighted by molar-refractivity contribution is 0.0675. The molecule has 7 heteroatoms. The standard InChI is InChI=1S/C21H24N6O/c1-13-20(21(28)26(2)18-11-15-5-6-16(12-18)23-15)24-25-27(13)17-7-8-19-14(10-17)4-3-9-22-19/h3-4,7-10,15-16,18,23H,5-6,11-12H2,1-2H3. The Balaban J connectivity index is 1.42. The van der Waals surface area contributed by atoms with E-state index in [4.69, 9.17) is 0 Å². The summed E-state index contributed by atoms with van der Waals surface area (Å²) in [5.74, 6) is -0.0440. The Morgan fingerprint density at radius 1 is 1.21 bits per heavy atom. The fraction of sp³-hybridized carbons (Fsp3) is 0.429. The average molecular weight is 376 g/mol. The molecule has 7 nitrogen and oxygen atoms in total. The van der Waals surface area contributed by atoms with Crippen LogP contribution in [0.2, 0.25) is 0 Å². The van der Waals surface area contributed by atoms with Gasteiger partial charge in [-0.15, -0.1) is 5.10 Å². The number of pyridine rings is 1. The van der Waals surface area contributed by atoms with Gasteiger partial charge in [0.15, 0.2) is 5.69 Å². The van der Waals surface area contributed by atoms with E-state index in [9.17, 15) is 4.79 Å².